The van der Waals surface area contributed by atoms with Gasteiger partial charge in [-0.05, 0) is 6.42 Å². The van der Waals surface area contributed by atoms with Gasteiger partial charge in [0.15, 0.2) is 0 Å². The van der Waals surface area contributed by atoms with Crippen LogP contribution in [0.2, 0.25) is 0 Å². The molecule has 0 aromatic heterocycles. The molecule has 0 heterocycles. The van der Waals surface area contributed by atoms with Gasteiger partial charge in [0, 0.05) is 7.11 Å². The molecule has 0 saturated carbocycles. The van der Waals surface area contributed by atoms with E-state index in [-0.39, 0.29) is 12.5 Å². The van der Waals surface area contributed by atoms with E-state index in [1.165, 1.54) is 0 Å². The quantitative estimate of drug-likeness (QED) is 0.337. The van der Waals surface area contributed by atoms with Gasteiger partial charge >= 0.3 is 5.97 Å². The molecule has 5 nitrogen and oxygen atoms in total. The number of unbranched alkanes of at least 4 members (excludes halogenated alkanes) is 1. The molecule has 0 fully saturated rings. The van der Waals surface area contributed by atoms with Crippen LogP contribution in [-0.2, 0) is 19.1 Å². The number of methoxy groups -OCH3 is 1. The van der Waals surface area contributed by atoms with Crippen LogP contribution in [0.25, 0.3) is 0 Å². The molecule has 0 amide bonds. The molecule has 0 radical (unpaired) electrons. The number of ether oxygens (including phenoxy) is 2. The molecule has 0 aliphatic heterocycles. The lowest BCUT2D eigenvalue weighted by Gasteiger charge is -2.05. The molecule has 1 N–H and O–H groups in total. The Morgan fingerprint density at radius 1 is 1.29 bits per heavy atom. The van der Waals surface area contributed by atoms with Gasteiger partial charge in [-0.2, -0.15) is 5.48 Å². The highest BCUT2D eigenvalue weighted by atomic mass is 16.7. The van der Waals surface area contributed by atoms with Crippen molar-refractivity contribution in [1.82, 2.24) is 5.48 Å². The summed E-state index contributed by atoms with van der Waals surface area (Å²) in [5.74, 6) is -0.295. The third-order valence-electron chi connectivity index (χ3n) is 1.47. The average Bonchev–Trinajstić information content (AvgIpc) is 2.18. The number of nitrogens with one attached hydrogen (secondary N) is 1. The first-order valence-corrected chi connectivity index (χ1v) is 4.80. The van der Waals surface area contributed by atoms with Gasteiger partial charge < -0.3 is 9.47 Å². The molecule has 0 aliphatic rings. The van der Waals surface area contributed by atoms with Gasteiger partial charge in [0.05, 0.1) is 19.8 Å². The van der Waals surface area contributed by atoms with E-state index in [4.69, 9.17) is 14.3 Å². The molecule has 0 rings (SSSR count). The van der Waals surface area contributed by atoms with Crippen molar-refractivity contribution >= 4 is 5.97 Å². The fourth-order valence-corrected chi connectivity index (χ4v) is 0.688. The van der Waals surface area contributed by atoms with Crippen LogP contribution >= 0.6 is 0 Å². The number of hydrogen-bond acceptors (Lipinski definition) is 5. The van der Waals surface area contributed by atoms with Crippen LogP contribution < -0.4 is 5.48 Å². The van der Waals surface area contributed by atoms with Crippen molar-refractivity contribution in [2.45, 2.75) is 19.8 Å². The molecule has 0 unspecified atom stereocenters. The SMILES string of the molecule is CCCCOC(=O)CNOCCOC. The maximum absolute atomic E-state index is 11.0. The van der Waals surface area contributed by atoms with Gasteiger partial charge in [0.25, 0.3) is 0 Å². The van der Waals surface area contributed by atoms with Crippen LogP contribution in [0.15, 0.2) is 0 Å². The Bertz CT molecular complexity index is 141. The standard InChI is InChI=1S/C9H19NO4/c1-3-4-5-13-9(11)8-10-14-7-6-12-2/h10H,3-8H2,1-2H3. The second kappa shape index (κ2) is 10.4. The lowest BCUT2D eigenvalue weighted by Crippen LogP contribution is -2.26. The molecule has 14 heavy (non-hydrogen) atoms. The fraction of sp³-hybridized carbons (Fsp3) is 0.889. The Hall–Kier alpha value is -0.650. The molecule has 0 aromatic rings. The van der Waals surface area contributed by atoms with Crippen LogP contribution in [0.4, 0.5) is 0 Å². The second-order valence-electron chi connectivity index (χ2n) is 2.74. The van der Waals surface area contributed by atoms with E-state index < -0.39 is 0 Å². The minimum absolute atomic E-state index is 0.0768. The monoisotopic (exact) mass is 205 g/mol. The third kappa shape index (κ3) is 9.44. The summed E-state index contributed by atoms with van der Waals surface area (Å²) in [5.41, 5.74) is 2.49. The molecule has 84 valence electrons. The fourth-order valence-electron chi connectivity index (χ4n) is 0.688. The number of rotatable bonds is 9. The predicted octanol–water partition coefficient (Wildman–Crippen LogP) is 0.497. The number of carbonyl (C=O) groups excluding carboxylic acids is 1. The number of hydroxylamine groups is 1. The maximum Gasteiger partial charge on any atom is 0.322 e. The van der Waals surface area contributed by atoms with E-state index in [9.17, 15) is 4.79 Å². The Morgan fingerprint density at radius 3 is 2.71 bits per heavy atom. The van der Waals surface area contributed by atoms with E-state index in [1.807, 2.05) is 6.92 Å². The highest BCUT2D eigenvalue weighted by Gasteiger charge is 2.00. The number of hydrogen-bond donors (Lipinski definition) is 1. The summed E-state index contributed by atoms with van der Waals surface area (Å²) in [6.45, 7) is 3.51. The van der Waals surface area contributed by atoms with Crippen molar-refractivity contribution in [3.05, 3.63) is 0 Å². The Labute approximate surface area is 84.7 Å². The normalized spacial score (nSPS) is 10.1. The zero-order valence-electron chi connectivity index (χ0n) is 8.88. The summed E-state index contributed by atoms with van der Waals surface area (Å²) >= 11 is 0. The van der Waals surface area contributed by atoms with E-state index in [0.717, 1.165) is 12.8 Å². The molecule has 0 spiro atoms. The van der Waals surface area contributed by atoms with Crippen LogP contribution in [0, 0.1) is 0 Å². The van der Waals surface area contributed by atoms with Crippen LogP contribution in [-0.4, -0.2) is 39.4 Å². The summed E-state index contributed by atoms with van der Waals surface area (Å²) in [6.07, 6.45) is 1.92. The predicted molar refractivity (Wildman–Crippen MR) is 51.7 cm³/mol. The van der Waals surface area contributed by atoms with Crippen molar-refractivity contribution in [3.63, 3.8) is 0 Å². The topological polar surface area (TPSA) is 56.8 Å². The first kappa shape index (κ1) is 13.4. The first-order valence-electron chi connectivity index (χ1n) is 4.80. The highest BCUT2D eigenvalue weighted by molar-refractivity contribution is 5.71. The molecule has 5 heteroatoms. The van der Waals surface area contributed by atoms with Gasteiger partial charge in [-0.3, -0.25) is 9.63 Å². The summed E-state index contributed by atoms with van der Waals surface area (Å²) in [4.78, 5) is 15.8. The van der Waals surface area contributed by atoms with Gasteiger partial charge in [-0.1, -0.05) is 13.3 Å². The first-order chi connectivity index (χ1) is 6.81. The van der Waals surface area contributed by atoms with Crippen molar-refractivity contribution in [2.75, 3.05) is 33.5 Å². The van der Waals surface area contributed by atoms with Gasteiger partial charge in [-0.25, -0.2) is 0 Å². The van der Waals surface area contributed by atoms with Crippen molar-refractivity contribution in [3.8, 4) is 0 Å². The summed E-state index contributed by atoms with van der Waals surface area (Å²) < 4.78 is 9.62. The lowest BCUT2D eigenvalue weighted by molar-refractivity contribution is -0.145. The van der Waals surface area contributed by atoms with Crippen LogP contribution in [0.1, 0.15) is 19.8 Å². The summed E-state index contributed by atoms with van der Waals surface area (Å²) in [7, 11) is 1.59. The molecular weight excluding hydrogens is 186 g/mol. The van der Waals surface area contributed by atoms with Gasteiger partial charge in [0.1, 0.15) is 6.54 Å². The largest absolute Gasteiger partial charge is 0.465 e. The van der Waals surface area contributed by atoms with Gasteiger partial charge in [-0.15, -0.1) is 0 Å². The molecule has 0 saturated heterocycles. The minimum Gasteiger partial charge on any atom is -0.465 e. The van der Waals surface area contributed by atoms with Gasteiger partial charge in [0.2, 0.25) is 0 Å². The highest BCUT2D eigenvalue weighted by Crippen LogP contribution is 1.87. The Kier molecular flexibility index (Phi) is 9.95. The molecule has 0 atom stereocenters. The lowest BCUT2D eigenvalue weighted by atomic mass is 10.4. The molecule has 0 bridgehead atoms. The Morgan fingerprint density at radius 2 is 2.07 bits per heavy atom. The number of carbonyl (C=O) groups is 1. The zero-order chi connectivity index (χ0) is 10.6. The van der Waals surface area contributed by atoms with E-state index in [1.54, 1.807) is 7.11 Å². The van der Waals surface area contributed by atoms with Crippen LogP contribution in [0.5, 0.6) is 0 Å². The van der Waals surface area contributed by atoms with E-state index in [2.05, 4.69) is 5.48 Å². The molecule has 0 aromatic carbocycles. The second-order valence-corrected chi connectivity index (χ2v) is 2.74. The van der Waals surface area contributed by atoms with E-state index >= 15 is 0 Å². The number of esters is 1. The maximum atomic E-state index is 11.0. The average molecular weight is 205 g/mol. The van der Waals surface area contributed by atoms with Crippen LogP contribution in [0.3, 0.4) is 0 Å². The smallest absolute Gasteiger partial charge is 0.322 e. The molecule has 0 aliphatic carbocycles. The Balaban J connectivity index is 3.10. The van der Waals surface area contributed by atoms with E-state index in [0.29, 0.717) is 19.8 Å². The minimum atomic E-state index is -0.295. The summed E-state index contributed by atoms with van der Waals surface area (Å²) in [5, 5.41) is 0. The molecular formula is C9H19NO4. The van der Waals surface area contributed by atoms with Crippen molar-refractivity contribution < 1.29 is 19.1 Å². The zero-order valence-corrected chi connectivity index (χ0v) is 8.88. The van der Waals surface area contributed by atoms with Crippen molar-refractivity contribution in [2.24, 2.45) is 0 Å². The summed E-state index contributed by atoms with van der Waals surface area (Å²) in [6, 6.07) is 0. The third-order valence-corrected chi connectivity index (χ3v) is 1.47. The van der Waals surface area contributed by atoms with Crippen molar-refractivity contribution in [1.29, 1.82) is 0 Å².